The molecule has 2 aromatic carbocycles. The molecule has 0 unspecified atom stereocenters. The van der Waals surface area contributed by atoms with Crippen LogP contribution in [0.25, 0.3) is 0 Å². The lowest BCUT2D eigenvalue weighted by Gasteiger charge is -2.27. The zero-order valence-corrected chi connectivity index (χ0v) is 15.8. The lowest BCUT2D eigenvalue weighted by atomic mass is 10.1. The fourth-order valence-corrected chi connectivity index (χ4v) is 3.39. The molecule has 2 aromatic rings. The van der Waals surface area contributed by atoms with Crippen LogP contribution in [0.5, 0.6) is 0 Å². The number of hydrogen-bond acceptors (Lipinski definition) is 5. The van der Waals surface area contributed by atoms with Gasteiger partial charge in [-0.25, -0.2) is 0 Å². The fourth-order valence-electron chi connectivity index (χ4n) is 2.50. The first-order chi connectivity index (χ1) is 12.5. The van der Waals surface area contributed by atoms with Gasteiger partial charge in [0.05, 0.1) is 27.2 Å². The lowest BCUT2D eigenvalue weighted by molar-refractivity contribution is -0.394. The molecule has 0 fully saturated rings. The second-order valence-corrected chi connectivity index (χ2v) is 6.50. The van der Waals surface area contributed by atoms with Gasteiger partial charge in [-0.1, -0.05) is 11.6 Å². The van der Waals surface area contributed by atoms with Crippen molar-refractivity contribution in [3.63, 3.8) is 0 Å². The van der Waals surface area contributed by atoms with Crippen LogP contribution in [0.1, 0.15) is 12.5 Å². The zero-order chi connectivity index (χ0) is 20.5. The number of halogens is 5. The number of alkyl halides is 3. The Balaban J connectivity index is 2.90. The fraction of sp³-hybridized carbons (Fsp3) is 0.200. The minimum Gasteiger partial charge on any atom is -0.335 e. The number of nitro groups is 2. The Bertz CT molecular complexity index is 924. The van der Waals surface area contributed by atoms with Crippen LogP contribution in [0.2, 0.25) is 5.02 Å². The van der Waals surface area contributed by atoms with E-state index in [1.165, 1.54) is 25.1 Å². The molecule has 7 nitrogen and oxygen atoms in total. The predicted molar refractivity (Wildman–Crippen MR) is 96.6 cm³/mol. The van der Waals surface area contributed by atoms with Crippen LogP contribution in [0.4, 0.5) is 35.9 Å². The first-order valence-corrected chi connectivity index (χ1v) is 8.41. The molecule has 0 radical (unpaired) electrons. The monoisotopic (exact) mass is 467 g/mol. The van der Waals surface area contributed by atoms with Crippen molar-refractivity contribution in [3.05, 3.63) is 65.6 Å². The van der Waals surface area contributed by atoms with E-state index >= 15 is 0 Å². The quantitative estimate of drug-likeness (QED) is 0.391. The Labute approximate surface area is 163 Å². The first kappa shape index (κ1) is 20.9. The van der Waals surface area contributed by atoms with Crippen molar-refractivity contribution in [2.75, 3.05) is 11.4 Å². The van der Waals surface area contributed by atoms with Crippen LogP contribution < -0.4 is 4.90 Å². The molecule has 0 aliphatic rings. The van der Waals surface area contributed by atoms with E-state index in [0.717, 1.165) is 4.90 Å². The third-order valence-corrected chi connectivity index (χ3v) is 4.44. The standard InChI is InChI=1S/C15H10BrClF3N3O4/c1-2-21(12-4-3-8(17)5-11(12)16)14-10(15(18,19)20)6-9(22(24)25)7-13(14)23(26)27/h3-7H,2H2,1H3. The number of hydrogen-bond donors (Lipinski definition) is 0. The van der Waals surface area contributed by atoms with Crippen molar-refractivity contribution in [2.24, 2.45) is 0 Å². The third kappa shape index (κ3) is 4.30. The average Bonchev–Trinajstić information content (AvgIpc) is 2.55. The normalized spacial score (nSPS) is 11.3. The van der Waals surface area contributed by atoms with Crippen molar-refractivity contribution in [2.45, 2.75) is 13.1 Å². The third-order valence-electron chi connectivity index (χ3n) is 3.57. The summed E-state index contributed by atoms with van der Waals surface area (Å²) >= 11 is 9.02. The molecule has 144 valence electrons. The van der Waals surface area contributed by atoms with Crippen LogP contribution in [0, 0.1) is 20.2 Å². The topological polar surface area (TPSA) is 89.5 Å². The number of benzene rings is 2. The molecule has 27 heavy (non-hydrogen) atoms. The second-order valence-electron chi connectivity index (χ2n) is 5.21. The molecule has 0 amide bonds. The Morgan fingerprint density at radius 1 is 1.15 bits per heavy atom. The largest absolute Gasteiger partial charge is 0.418 e. The van der Waals surface area contributed by atoms with Crippen LogP contribution in [-0.4, -0.2) is 16.4 Å². The van der Waals surface area contributed by atoms with Gasteiger partial charge in [0.25, 0.3) is 11.4 Å². The van der Waals surface area contributed by atoms with Crippen LogP contribution >= 0.6 is 27.5 Å². The molecule has 0 aromatic heterocycles. The van der Waals surface area contributed by atoms with Crippen molar-refractivity contribution < 1.29 is 23.0 Å². The first-order valence-electron chi connectivity index (χ1n) is 7.24. The van der Waals surface area contributed by atoms with Gasteiger partial charge in [0.1, 0.15) is 5.69 Å². The van der Waals surface area contributed by atoms with E-state index in [2.05, 4.69) is 15.9 Å². The molecule has 2 rings (SSSR count). The van der Waals surface area contributed by atoms with Gasteiger partial charge < -0.3 is 4.90 Å². The maximum absolute atomic E-state index is 13.6. The molecule has 0 atom stereocenters. The highest BCUT2D eigenvalue weighted by molar-refractivity contribution is 9.10. The van der Waals surface area contributed by atoms with Gasteiger partial charge in [-0.05, 0) is 41.1 Å². The summed E-state index contributed by atoms with van der Waals surface area (Å²) in [4.78, 5) is 21.2. The minimum atomic E-state index is -5.06. The van der Waals surface area contributed by atoms with Gasteiger partial charge in [-0.3, -0.25) is 20.2 Å². The molecular weight excluding hydrogens is 459 g/mol. The molecule has 0 saturated carbocycles. The van der Waals surface area contributed by atoms with Gasteiger partial charge in [-0.15, -0.1) is 0 Å². The summed E-state index contributed by atoms with van der Waals surface area (Å²) in [6.07, 6.45) is -5.06. The maximum atomic E-state index is 13.6. The van der Waals surface area contributed by atoms with Gasteiger partial charge in [0, 0.05) is 22.1 Å². The number of non-ortho nitro benzene ring substituents is 1. The van der Waals surface area contributed by atoms with Gasteiger partial charge in [-0.2, -0.15) is 13.2 Å². The van der Waals surface area contributed by atoms with E-state index in [0.29, 0.717) is 15.6 Å². The van der Waals surface area contributed by atoms with Crippen molar-refractivity contribution in [1.29, 1.82) is 0 Å². The van der Waals surface area contributed by atoms with E-state index in [-0.39, 0.29) is 18.3 Å². The molecule has 0 bridgehead atoms. The Kier molecular flexibility index (Phi) is 5.95. The number of anilines is 2. The summed E-state index contributed by atoms with van der Waals surface area (Å²) in [5.41, 5.74) is -4.13. The van der Waals surface area contributed by atoms with Crippen molar-refractivity contribution in [1.82, 2.24) is 0 Å². The number of nitro benzene ring substituents is 2. The highest BCUT2D eigenvalue weighted by atomic mass is 79.9. The summed E-state index contributed by atoms with van der Waals surface area (Å²) < 4.78 is 41.1. The van der Waals surface area contributed by atoms with E-state index in [9.17, 15) is 33.4 Å². The highest BCUT2D eigenvalue weighted by Crippen LogP contribution is 2.47. The maximum Gasteiger partial charge on any atom is 0.418 e. The van der Waals surface area contributed by atoms with E-state index < -0.39 is 38.6 Å². The van der Waals surface area contributed by atoms with Gasteiger partial charge >= 0.3 is 6.18 Å². The summed E-state index contributed by atoms with van der Waals surface area (Å²) in [5.74, 6) is 0. The smallest absolute Gasteiger partial charge is 0.335 e. The van der Waals surface area contributed by atoms with E-state index in [1.807, 2.05) is 0 Å². The Hall–Kier alpha value is -2.40. The summed E-state index contributed by atoms with van der Waals surface area (Å²) in [5, 5.41) is 22.7. The Morgan fingerprint density at radius 2 is 1.78 bits per heavy atom. The number of rotatable bonds is 5. The molecule has 0 saturated heterocycles. The van der Waals surface area contributed by atoms with Crippen LogP contribution in [-0.2, 0) is 6.18 Å². The summed E-state index contributed by atoms with van der Waals surface area (Å²) in [6, 6.07) is 5.02. The minimum absolute atomic E-state index is 0.0814. The van der Waals surface area contributed by atoms with Gasteiger partial charge in [0.2, 0.25) is 0 Å². The molecule has 0 aliphatic carbocycles. The van der Waals surface area contributed by atoms with Gasteiger partial charge in [0.15, 0.2) is 0 Å². The summed E-state index contributed by atoms with van der Waals surface area (Å²) in [7, 11) is 0. The van der Waals surface area contributed by atoms with Crippen LogP contribution in [0.3, 0.4) is 0 Å². The molecule has 0 spiro atoms. The predicted octanol–water partition coefficient (Wildman–Crippen LogP) is 6.10. The van der Waals surface area contributed by atoms with E-state index in [1.54, 1.807) is 0 Å². The molecular formula is C15H10BrClF3N3O4. The highest BCUT2D eigenvalue weighted by Gasteiger charge is 2.41. The van der Waals surface area contributed by atoms with Crippen LogP contribution in [0.15, 0.2) is 34.8 Å². The SMILES string of the molecule is CCN(c1ccc(Cl)cc1Br)c1c([N+](=O)[O-])cc([N+](=O)[O-])cc1C(F)(F)F. The molecule has 0 aliphatic heterocycles. The molecule has 0 heterocycles. The second kappa shape index (κ2) is 7.69. The number of nitrogens with zero attached hydrogens (tertiary/aromatic N) is 3. The van der Waals surface area contributed by atoms with E-state index in [4.69, 9.17) is 11.6 Å². The summed E-state index contributed by atoms with van der Waals surface area (Å²) in [6.45, 7) is 1.41. The Morgan fingerprint density at radius 3 is 2.22 bits per heavy atom. The average molecular weight is 469 g/mol. The van der Waals surface area contributed by atoms with Crippen molar-refractivity contribution >= 4 is 50.3 Å². The lowest BCUT2D eigenvalue weighted by Crippen LogP contribution is -2.22. The van der Waals surface area contributed by atoms with Crippen molar-refractivity contribution in [3.8, 4) is 0 Å². The zero-order valence-electron chi connectivity index (χ0n) is 13.5. The molecule has 12 heteroatoms. The molecule has 0 N–H and O–H groups in total.